The molecule has 2 aromatic rings. The molecule has 0 radical (unpaired) electrons. The zero-order valence-electron chi connectivity index (χ0n) is 11.5. The van der Waals surface area contributed by atoms with Gasteiger partial charge in [-0.2, -0.15) is 0 Å². The first-order valence-corrected chi connectivity index (χ1v) is 6.33. The number of nitrogens with zero attached hydrogens (tertiary/aromatic N) is 1. The van der Waals surface area contributed by atoms with Gasteiger partial charge in [0.1, 0.15) is 5.75 Å². The van der Waals surface area contributed by atoms with Crippen LogP contribution in [0.2, 0.25) is 0 Å². The molecule has 0 bridgehead atoms. The molecule has 1 aromatic carbocycles. The van der Waals surface area contributed by atoms with E-state index >= 15 is 0 Å². The molecular formula is C16H19NO2. The van der Waals surface area contributed by atoms with Crippen LogP contribution in [0.15, 0.2) is 48.7 Å². The Bertz CT molecular complexity index is 520. The van der Waals surface area contributed by atoms with Crippen molar-refractivity contribution in [3.8, 4) is 5.75 Å². The molecule has 0 aliphatic rings. The fourth-order valence-electron chi connectivity index (χ4n) is 2.10. The van der Waals surface area contributed by atoms with E-state index in [4.69, 9.17) is 4.74 Å². The molecule has 19 heavy (non-hydrogen) atoms. The fourth-order valence-corrected chi connectivity index (χ4v) is 2.10. The second kappa shape index (κ2) is 5.41. The van der Waals surface area contributed by atoms with Crippen LogP contribution in [0, 0.1) is 0 Å². The number of ether oxygens (including phenoxy) is 1. The highest BCUT2D eigenvalue weighted by molar-refractivity contribution is 5.32. The van der Waals surface area contributed by atoms with Crippen LogP contribution < -0.4 is 4.74 Å². The normalized spacial score (nSPS) is 15.6. The highest BCUT2D eigenvalue weighted by Gasteiger charge is 2.32. The van der Waals surface area contributed by atoms with Crippen LogP contribution in [0.3, 0.4) is 0 Å². The van der Waals surface area contributed by atoms with Gasteiger partial charge in [0.2, 0.25) is 0 Å². The van der Waals surface area contributed by atoms with Gasteiger partial charge in [0.15, 0.2) is 0 Å². The SMILES string of the molecule is COc1ccc([C@](C)(O)[C@H](C)c2ccccn2)cc1. The maximum atomic E-state index is 10.8. The molecule has 0 amide bonds. The van der Waals surface area contributed by atoms with Crippen LogP contribution in [0.5, 0.6) is 5.75 Å². The summed E-state index contributed by atoms with van der Waals surface area (Å²) in [6.45, 7) is 3.79. The second-order valence-electron chi connectivity index (χ2n) is 4.85. The van der Waals surface area contributed by atoms with Crippen molar-refractivity contribution in [2.75, 3.05) is 7.11 Å². The predicted molar refractivity (Wildman–Crippen MR) is 75.2 cm³/mol. The highest BCUT2D eigenvalue weighted by Crippen LogP contribution is 2.35. The van der Waals surface area contributed by atoms with Gasteiger partial charge in [0, 0.05) is 17.8 Å². The van der Waals surface area contributed by atoms with Gasteiger partial charge in [-0.1, -0.05) is 25.1 Å². The summed E-state index contributed by atoms with van der Waals surface area (Å²) in [4.78, 5) is 4.32. The van der Waals surface area contributed by atoms with E-state index in [0.29, 0.717) is 0 Å². The lowest BCUT2D eigenvalue weighted by Crippen LogP contribution is -2.28. The third-order valence-electron chi connectivity index (χ3n) is 3.65. The molecule has 2 atom stereocenters. The van der Waals surface area contributed by atoms with Gasteiger partial charge in [0.25, 0.3) is 0 Å². The lowest BCUT2D eigenvalue weighted by molar-refractivity contribution is 0.0310. The first-order chi connectivity index (χ1) is 9.05. The van der Waals surface area contributed by atoms with E-state index in [1.54, 1.807) is 13.3 Å². The molecule has 0 aliphatic heterocycles. The summed E-state index contributed by atoms with van der Waals surface area (Å²) in [6.07, 6.45) is 1.75. The van der Waals surface area contributed by atoms with Crippen LogP contribution in [0.25, 0.3) is 0 Å². The molecule has 0 aliphatic carbocycles. The van der Waals surface area contributed by atoms with E-state index in [1.165, 1.54) is 0 Å². The predicted octanol–water partition coefficient (Wildman–Crippen LogP) is 3.10. The Morgan fingerprint density at radius 3 is 2.37 bits per heavy atom. The number of aliphatic hydroxyl groups is 1. The Hall–Kier alpha value is -1.87. The van der Waals surface area contributed by atoms with Crippen LogP contribution in [-0.4, -0.2) is 17.2 Å². The molecule has 3 nitrogen and oxygen atoms in total. The van der Waals surface area contributed by atoms with Crippen molar-refractivity contribution in [2.24, 2.45) is 0 Å². The quantitative estimate of drug-likeness (QED) is 0.915. The van der Waals surface area contributed by atoms with Gasteiger partial charge < -0.3 is 9.84 Å². The minimum Gasteiger partial charge on any atom is -0.497 e. The molecule has 2 rings (SSSR count). The minimum absolute atomic E-state index is 0.0953. The van der Waals surface area contributed by atoms with Gasteiger partial charge >= 0.3 is 0 Å². The summed E-state index contributed by atoms with van der Waals surface area (Å²) in [6, 6.07) is 13.2. The molecule has 100 valence electrons. The van der Waals surface area contributed by atoms with Crippen molar-refractivity contribution < 1.29 is 9.84 Å². The maximum Gasteiger partial charge on any atom is 0.118 e. The Labute approximate surface area is 113 Å². The van der Waals surface area contributed by atoms with Crippen LogP contribution in [0.1, 0.15) is 31.0 Å². The number of aromatic nitrogens is 1. The van der Waals surface area contributed by atoms with Gasteiger partial charge in [-0.15, -0.1) is 0 Å². The van der Waals surface area contributed by atoms with Crippen molar-refractivity contribution in [3.05, 3.63) is 59.9 Å². The first kappa shape index (κ1) is 13.6. The van der Waals surface area contributed by atoms with E-state index in [9.17, 15) is 5.11 Å². The van der Waals surface area contributed by atoms with E-state index in [0.717, 1.165) is 17.0 Å². The van der Waals surface area contributed by atoms with E-state index in [2.05, 4.69) is 4.98 Å². The molecule has 1 N–H and O–H groups in total. The zero-order valence-corrected chi connectivity index (χ0v) is 11.5. The van der Waals surface area contributed by atoms with Gasteiger partial charge in [-0.25, -0.2) is 0 Å². The second-order valence-corrected chi connectivity index (χ2v) is 4.85. The summed E-state index contributed by atoms with van der Waals surface area (Å²) < 4.78 is 5.13. The number of hydrogen-bond donors (Lipinski definition) is 1. The van der Waals surface area contributed by atoms with Crippen molar-refractivity contribution in [1.82, 2.24) is 4.98 Å². The van der Waals surface area contributed by atoms with Crippen LogP contribution >= 0.6 is 0 Å². The molecule has 0 fully saturated rings. The molecule has 3 heteroatoms. The monoisotopic (exact) mass is 257 g/mol. The molecule has 1 heterocycles. The molecule has 0 saturated carbocycles. The summed E-state index contributed by atoms with van der Waals surface area (Å²) >= 11 is 0. The van der Waals surface area contributed by atoms with Crippen LogP contribution in [0.4, 0.5) is 0 Å². The lowest BCUT2D eigenvalue weighted by atomic mass is 9.82. The summed E-state index contributed by atoms with van der Waals surface area (Å²) in [7, 11) is 1.63. The third-order valence-corrected chi connectivity index (χ3v) is 3.65. The standard InChI is InChI=1S/C16H19NO2/c1-12(15-6-4-5-11-17-15)16(2,18)13-7-9-14(19-3)10-8-13/h4-12,18H,1-3H3/t12-,16-/m1/s1. The molecule has 1 aromatic heterocycles. The largest absolute Gasteiger partial charge is 0.497 e. The molecule has 0 unspecified atom stereocenters. The van der Waals surface area contributed by atoms with Gasteiger partial charge in [0.05, 0.1) is 12.7 Å². The van der Waals surface area contributed by atoms with E-state index in [-0.39, 0.29) is 5.92 Å². The summed E-state index contributed by atoms with van der Waals surface area (Å²) in [5, 5.41) is 10.8. The molecular weight excluding hydrogens is 238 g/mol. The first-order valence-electron chi connectivity index (χ1n) is 6.33. The third kappa shape index (κ3) is 2.76. The maximum absolute atomic E-state index is 10.8. The Morgan fingerprint density at radius 1 is 1.16 bits per heavy atom. The Kier molecular flexibility index (Phi) is 3.86. The number of pyridine rings is 1. The van der Waals surface area contributed by atoms with E-state index < -0.39 is 5.60 Å². The van der Waals surface area contributed by atoms with Crippen LogP contribution in [-0.2, 0) is 5.60 Å². The summed E-state index contributed by atoms with van der Waals surface area (Å²) in [5.74, 6) is 0.687. The number of methoxy groups -OCH3 is 1. The lowest BCUT2D eigenvalue weighted by Gasteiger charge is -2.30. The topological polar surface area (TPSA) is 42.4 Å². The number of rotatable bonds is 4. The summed E-state index contributed by atoms with van der Waals surface area (Å²) in [5.41, 5.74) is 0.760. The van der Waals surface area contributed by atoms with Gasteiger partial charge in [-0.05, 0) is 36.8 Å². The van der Waals surface area contributed by atoms with Crippen molar-refractivity contribution >= 4 is 0 Å². The highest BCUT2D eigenvalue weighted by atomic mass is 16.5. The van der Waals surface area contributed by atoms with E-state index in [1.807, 2.05) is 56.3 Å². The van der Waals surface area contributed by atoms with Crippen molar-refractivity contribution in [3.63, 3.8) is 0 Å². The number of hydrogen-bond acceptors (Lipinski definition) is 3. The average Bonchev–Trinajstić information content (AvgIpc) is 2.47. The Morgan fingerprint density at radius 2 is 1.84 bits per heavy atom. The molecule has 0 saturated heterocycles. The fraction of sp³-hybridized carbons (Fsp3) is 0.312. The van der Waals surface area contributed by atoms with Crippen molar-refractivity contribution in [2.45, 2.75) is 25.4 Å². The Balaban J connectivity index is 2.30. The zero-order chi connectivity index (χ0) is 13.9. The minimum atomic E-state index is -0.972. The smallest absolute Gasteiger partial charge is 0.118 e. The average molecular weight is 257 g/mol. The molecule has 0 spiro atoms. The van der Waals surface area contributed by atoms with Crippen molar-refractivity contribution in [1.29, 1.82) is 0 Å². The van der Waals surface area contributed by atoms with Gasteiger partial charge in [-0.3, -0.25) is 4.98 Å². The number of benzene rings is 1.